The topological polar surface area (TPSA) is 78.5 Å². The maximum Gasteiger partial charge on any atom is 0.253 e. The van der Waals surface area contributed by atoms with Crippen LogP contribution in [0.4, 0.5) is 5.69 Å². The number of piperidine rings is 1. The molecule has 0 saturated carbocycles. The van der Waals surface area contributed by atoms with E-state index in [4.69, 9.17) is 0 Å². The van der Waals surface area contributed by atoms with E-state index in [1.807, 2.05) is 13.8 Å². The van der Waals surface area contributed by atoms with Crippen molar-refractivity contribution in [1.82, 2.24) is 10.2 Å². The van der Waals surface area contributed by atoms with Gasteiger partial charge in [-0.2, -0.15) is 0 Å². The third-order valence-electron chi connectivity index (χ3n) is 4.43. The Morgan fingerprint density at radius 1 is 1.31 bits per heavy atom. The molecule has 1 aromatic carbocycles. The summed E-state index contributed by atoms with van der Waals surface area (Å²) in [6.07, 6.45) is 3.14. The summed E-state index contributed by atoms with van der Waals surface area (Å²) in [6.45, 7) is 8.78. The van der Waals surface area contributed by atoms with Crippen LogP contribution in [0.15, 0.2) is 36.9 Å². The normalized spacial score (nSPS) is 16.9. The number of hydrogen-bond acceptors (Lipinski definition) is 3. The maximum atomic E-state index is 12.7. The lowest BCUT2D eigenvalue weighted by Crippen LogP contribution is -2.45. The first-order valence-electron chi connectivity index (χ1n) is 9.01. The van der Waals surface area contributed by atoms with E-state index in [0.29, 0.717) is 30.9 Å². The summed E-state index contributed by atoms with van der Waals surface area (Å²) in [4.78, 5) is 38.9. The van der Waals surface area contributed by atoms with Gasteiger partial charge in [-0.3, -0.25) is 14.4 Å². The van der Waals surface area contributed by atoms with Gasteiger partial charge in [0.05, 0.1) is 17.2 Å². The van der Waals surface area contributed by atoms with E-state index in [2.05, 4.69) is 17.2 Å². The van der Waals surface area contributed by atoms with Crippen molar-refractivity contribution in [2.75, 3.05) is 25.0 Å². The number of nitrogens with zero attached hydrogens (tertiary/aromatic N) is 1. The van der Waals surface area contributed by atoms with Crippen LogP contribution in [0.1, 0.15) is 37.0 Å². The summed E-state index contributed by atoms with van der Waals surface area (Å²) >= 11 is 0. The molecule has 26 heavy (non-hydrogen) atoms. The van der Waals surface area contributed by atoms with Crippen molar-refractivity contribution >= 4 is 23.4 Å². The molecule has 2 rings (SSSR count). The van der Waals surface area contributed by atoms with E-state index in [-0.39, 0.29) is 29.6 Å². The van der Waals surface area contributed by atoms with E-state index in [1.165, 1.54) is 0 Å². The monoisotopic (exact) mass is 357 g/mol. The molecule has 0 aliphatic carbocycles. The van der Waals surface area contributed by atoms with Gasteiger partial charge >= 0.3 is 0 Å². The standard InChI is InChI=1S/C20H27N3O3/c1-4-11-21-19(25)16-9-5-6-10-17(16)22-18(24)15-8-7-12-23(13-15)20(26)14(2)3/h4-6,9-10,14-15H,1,7-8,11-13H2,2-3H3,(H,21,25)(H,22,24). The van der Waals surface area contributed by atoms with Crippen LogP contribution in [0.25, 0.3) is 0 Å². The minimum absolute atomic E-state index is 0.0757. The second kappa shape index (κ2) is 9.17. The lowest BCUT2D eigenvalue weighted by atomic mass is 9.96. The van der Waals surface area contributed by atoms with E-state index in [9.17, 15) is 14.4 Å². The smallest absolute Gasteiger partial charge is 0.253 e. The van der Waals surface area contributed by atoms with E-state index >= 15 is 0 Å². The second-order valence-electron chi connectivity index (χ2n) is 6.81. The number of carbonyl (C=O) groups excluding carboxylic acids is 3. The molecule has 1 fully saturated rings. The molecule has 2 N–H and O–H groups in total. The lowest BCUT2D eigenvalue weighted by Gasteiger charge is -2.33. The molecule has 0 radical (unpaired) electrons. The van der Waals surface area contributed by atoms with Crippen molar-refractivity contribution in [3.8, 4) is 0 Å². The van der Waals surface area contributed by atoms with E-state index < -0.39 is 0 Å². The molecular formula is C20H27N3O3. The molecule has 140 valence electrons. The summed E-state index contributed by atoms with van der Waals surface area (Å²) in [5, 5.41) is 5.58. The highest BCUT2D eigenvalue weighted by molar-refractivity contribution is 6.04. The maximum absolute atomic E-state index is 12.7. The molecule has 0 aromatic heterocycles. The molecule has 1 aromatic rings. The Morgan fingerprint density at radius 2 is 2.04 bits per heavy atom. The number of benzene rings is 1. The molecular weight excluding hydrogens is 330 g/mol. The van der Waals surface area contributed by atoms with Crippen LogP contribution in [-0.4, -0.2) is 42.3 Å². The molecule has 0 bridgehead atoms. The van der Waals surface area contributed by atoms with Gasteiger partial charge in [0, 0.05) is 25.6 Å². The summed E-state index contributed by atoms with van der Waals surface area (Å²) in [5.41, 5.74) is 0.889. The molecule has 0 spiro atoms. The summed E-state index contributed by atoms with van der Waals surface area (Å²) in [7, 11) is 0. The fourth-order valence-electron chi connectivity index (χ4n) is 3.04. The number of anilines is 1. The fraction of sp³-hybridized carbons (Fsp3) is 0.450. The molecule has 1 aliphatic heterocycles. The number of amides is 3. The van der Waals surface area contributed by atoms with Gasteiger partial charge in [-0.1, -0.05) is 32.1 Å². The quantitative estimate of drug-likeness (QED) is 0.768. The van der Waals surface area contributed by atoms with Gasteiger partial charge in [0.1, 0.15) is 0 Å². The molecule has 6 heteroatoms. The Hall–Kier alpha value is -2.63. The van der Waals surface area contributed by atoms with Crippen molar-refractivity contribution in [3.05, 3.63) is 42.5 Å². The SMILES string of the molecule is C=CCNC(=O)c1ccccc1NC(=O)C1CCCN(C(=O)C(C)C)C1. The van der Waals surface area contributed by atoms with Crippen LogP contribution in [0.5, 0.6) is 0 Å². The minimum Gasteiger partial charge on any atom is -0.349 e. The first-order valence-corrected chi connectivity index (χ1v) is 9.01. The van der Waals surface area contributed by atoms with Gasteiger partial charge in [0.15, 0.2) is 0 Å². The van der Waals surface area contributed by atoms with Crippen LogP contribution in [0, 0.1) is 11.8 Å². The molecule has 6 nitrogen and oxygen atoms in total. The van der Waals surface area contributed by atoms with Crippen molar-refractivity contribution in [3.63, 3.8) is 0 Å². The number of hydrogen-bond donors (Lipinski definition) is 2. The zero-order valence-corrected chi connectivity index (χ0v) is 15.5. The zero-order valence-electron chi connectivity index (χ0n) is 15.5. The fourth-order valence-corrected chi connectivity index (χ4v) is 3.04. The predicted molar refractivity (Wildman–Crippen MR) is 102 cm³/mol. The average molecular weight is 357 g/mol. The number of nitrogens with one attached hydrogen (secondary N) is 2. The highest BCUT2D eigenvalue weighted by Gasteiger charge is 2.29. The van der Waals surface area contributed by atoms with E-state index in [1.54, 1.807) is 35.2 Å². The van der Waals surface area contributed by atoms with Crippen LogP contribution < -0.4 is 10.6 Å². The molecule has 1 saturated heterocycles. The third kappa shape index (κ3) is 4.94. The molecule has 1 unspecified atom stereocenters. The van der Waals surface area contributed by atoms with Crippen molar-refractivity contribution < 1.29 is 14.4 Å². The average Bonchev–Trinajstić information content (AvgIpc) is 2.65. The van der Waals surface area contributed by atoms with Crippen LogP contribution in [0.2, 0.25) is 0 Å². The lowest BCUT2D eigenvalue weighted by molar-refractivity contribution is -0.137. The number of rotatable bonds is 6. The molecule has 1 atom stereocenters. The highest BCUT2D eigenvalue weighted by atomic mass is 16.2. The first-order chi connectivity index (χ1) is 12.4. The van der Waals surface area contributed by atoms with Crippen molar-refractivity contribution in [2.45, 2.75) is 26.7 Å². The minimum atomic E-state index is -0.268. The summed E-state index contributed by atoms with van der Waals surface area (Å²) < 4.78 is 0. The van der Waals surface area contributed by atoms with Gasteiger partial charge in [0.25, 0.3) is 5.91 Å². The molecule has 1 heterocycles. The van der Waals surface area contributed by atoms with Crippen molar-refractivity contribution in [2.24, 2.45) is 11.8 Å². The Balaban J connectivity index is 2.06. The largest absolute Gasteiger partial charge is 0.349 e. The molecule has 3 amide bonds. The Bertz CT molecular complexity index is 685. The second-order valence-corrected chi connectivity index (χ2v) is 6.81. The van der Waals surface area contributed by atoms with Crippen LogP contribution in [-0.2, 0) is 9.59 Å². The number of para-hydroxylation sites is 1. The van der Waals surface area contributed by atoms with Gasteiger partial charge < -0.3 is 15.5 Å². The Kier molecular flexibility index (Phi) is 6.95. The van der Waals surface area contributed by atoms with Gasteiger partial charge in [0.2, 0.25) is 11.8 Å². The van der Waals surface area contributed by atoms with Gasteiger partial charge in [-0.05, 0) is 25.0 Å². The Labute approximate surface area is 154 Å². The zero-order chi connectivity index (χ0) is 19.1. The summed E-state index contributed by atoms with van der Waals surface area (Å²) in [5.74, 6) is -0.690. The van der Waals surface area contributed by atoms with Gasteiger partial charge in [-0.25, -0.2) is 0 Å². The first kappa shape index (κ1) is 19.7. The van der Waals surface area contributed by atoms with Crippen LogP contribution in [0.3, 0.4) is 0 Å². The highest BCUT2D eigenvalue weighted by Crippen LogP contribution is 2.22. The number of carbonyl (C=O) groups is 3. The Morgan fingerprint density at radius 3 is 2.73 bits per heavy atom. The third-order valence-corrected chi connectivity index (χ3v) is 4.43. The summed E-state index contributed by atoms with van der Waals surface area (Å²) in [6, 6.07) is 6.90. The van der Waals surface area contributed by atoms with Crippen molar-refractivity contribution in [1.29, 1.82) is 0 Å². The predicted octanol–water partition coefficient (Wildman–Crippen LogP) is 2.44. The van der Waals surface area contributed by atoms with Crippen LogP contribution >= 0.6 is 0 Å². The number of likely N-dealkylation sites (tertiary alicyclic amines) is 1. The molecule has 1 aliphatic rings. The van der Waals surface area contributed by atoms with E-state index in [0.717, 1.165) is 12.8 Å². The van der Waals surface area contributed by atoms with Gasteiger partial charge in [-0.15, -0.1) is 6.58 Å².